The van der Waals surface area contributed by atoms with Gasteiger partial charge >= 0.3 is 106 Å². The number of alkyl halides is 2. The Bertz CT molecular complexity index is 2430. The van der Waals surface area contributed by atoms with Crippen LogP contribution in [0, 0.1) is 102 Å². The molecule has 8 bridgehead atoms. The van der Waals surface area contributed by atoms with Crippen LogP contribution in [0.2, 0.25) is 0 Å². The first-order chi connectivity index (χ1) is 38.8. The molecule has 87 heavy (non-hydrogen) atoms. The fraction of sp³-hybridized carbons (Fsp3) is 0.698. The number of ether oxygens (including phenoxy) is 7. The minimum atomic E-state index is -1.19. The molecular weight excluding hydrogens is 1210 g/mol. The molecule has 0 radical (unpaired) electrons. The number of esters is 8. The summed E-state index contributed by atoms with van der Waals surface area (Å²) in [6.45, 7) is 21.4. The average Bonchev–Trinajstić information content (AvgIpc) is 1.70. The van der Waals surface area contributed by atoms with E-state index in [1.165, 1.54) is 92.3 Å². The van der Waals surface area contributed by atoms with Crippen LogP contribution in [-0.2, 0) is 81.1 Å². The largest absolute Gasteiger partial charge is 2.00 e. The molecule has 12 fully saturated rings. The van der Waals surface area contributed by atoms with E-state index in [-0.39, 0.29) is 190 Å². The second kappa shape index (κ2) is 35.4. The van der Waals surface area contributed by atoms with Crippen molar-refractivity contribution in [3.8, 4) is 0 Å². The SMILES string of the molecule is C=C(C)C(=O)OCC(=O)OC.C=C(C)C(=O)[O-].CC1(C)OC(=O)C2C3C=CC(CC3)C21.CC1(C)OC(=O)C2C3CCC(CC3)C21.CC1(C)OC(=O)C2C3CCC(CC3)C21.COC(=O)CCl.O=C(O)CCl.O=C1OC(=O)C2C3C=CC(CC3)C12.[CH3-].[Cl-].[Mg+2].[Na+]. The number of hydrogen-bond donors (Lipinski definition) is 1. The van der Waals surface area contributed by atoms with Gasteiger partial charge in [0.2, 0.25) is 0 Å². The Kier molecular flexibility index (Phi) is 33.1. The molecule has 24 heteroatoms. The molecule has 4 heterocycles. The van der Waals surface area contributed by atoms with E-state index < -0.39 is 29.8 Å². The van der Waals surface area contributed by atoms with E-state index in [0.29, 0.717) is 41.4 Å². The van der Waals surface area contributed by atoms with Crippen molar-refractivity contribution >= 4 is 106 Å². The quantitative estimate of drug-likeness (QED) is 0.0583. The number of carboxylic acids is 2. The van der Waals surface area contributed by atoms with Crippen molar-refractivity contribution in [2.75, 3.05) is 32.6 Å². The number of fused-ring (bicyclic) bond motifs is 6. The van der Waals surface area contributed by atoms with Crippen molar-refractivity contribution in [1.82, 2.24) is 0 Å². The molecule has 16 aliphatic rings. The summed E-state index contributed by atoms with van der Waals surface area (Å²) in [5, 5.41) is 17.1. The van der Waals surface area contributed by atoms with Crippen molar-refractivity contribution in [3.63, 3.8) is 0 Å². The second-order valence-electron chi connectivity index (χ2n) is 25.2. The Balaban J connectivity index is 0.000000506. The van der Waals surface area contributed by atoms with Gasteiger partial charge in [-0.2, -0.15) is 0 Å². The minimum absolute atomic E-state index is 0. The van der Waals surface area contributed by atoms with Crippen LogP contribution in [0.3, 0.4) is 0 Å². The topological polar surface area (TPSA) is 279 Å². The van der Waals surface area contributed by atoms with Crippen LogP contribution in [0.4, 0.5) is 0 Å². The van der Waals surface area contributed by atoms with Crippen molar-refractivity contribution in [2.24, 2.45) is 94.7 Å². The summed E-state index contributed by atoms with van der Waals surface area (Å²) in [5.74, 6) is 1.68. The van der Waals surface area contributed by atoms with E-state index in [2.05, 4.69) is 98.0 Å². The van der Waals surface area contributed by atoms with Crippen LogP contribution in [0.5, 0.6) is 0 Å². The number of carbonyl (C=O) groups excluding carboxylic acids is 9. The molecule has 0 amide bonds. The van der Waals surface area contributed by atoms with Gasteiger partial charge in [0.05, 0.1) is 49.8 Å². The summed E-state index contributed by atoms with van der Waals surface area (Å²) in [5.41, 5.74) is -0.295. The molecule has 478 valence electrons. The molecule has 0 aromatic rings. The van der Waals surface area contributed by atoms with Gasteiger partial charge in [-0.1, -0.05) is 37.5 Å². The van der Waals surface area contributed by atoms with Gasteiger partial charge < -0.3 is 68.0 Å². The van der Waals surface area contributed by atoms with Crippen molar-refractivity contribution in [3.05, 3.63) is 56.0 Å². The van der Waals surface area contributed by atoms with Crippen molar-refractivity contribution < 1.29 is 133 Å². The summed E-state index contributed by atoms with van der Waals surface area (Å²) in [6, 6.07) is 0. The normalized spacial score (nSPS) is 32.9. The number of rotatable bonds is 6. The molecule has 8 saturated carbocycles. The molecule has 0 aromatic carbocycles. The molecule has 4 saturated heterocycles. The summed E-state index contributed by atoms with van der Waals surface area (Å²) in [4.78, 5) is 108. The summed E-state index contributed by atoms with van der Waals surface area (Å²) >= 11 is 9.71. The summed E-state index contributed by atoms with van der Waals surface area (Å²) in [7, 11) is 2.52. The fourth-order valence-corrected chi connectivity index (χ4v) is 15.4. The van der Waals surface area contributed by atoms with Crippen LogP contribution >= 0.6 is 23.2 Å². The minimum Gasteiger partial charge on any atom is -1.00 e. The van der Waals surface area contributed by atoms with Crippen molar-refractivity contribution in [1.29, 1.82) is 0 Å². The van der Waals surface area contributed by atoms with Crippen LogP contribution in [0.25, 0.3) is 0 Å². The standard InChI is InChI=1S/2C12H18O2.C12H16O2.C10H10O3.C7H10O4.C4H6O2.C3H5ClO2.C2H3ClO2.CH3.ClH.Mg.Na/c3*1-12(2)10-8-5-3-7(4-6-8)9(10)11(13)14-12;11-9-7-5-1-2-6(4-3-5)8(7)10(12)13-9;1-5(2)7(9)11-4-6(8)10-3;1-3(2)4(5)6;1-6-3(5)2-4;3-1-2(4)5;;;;/h2*7-10H,3-6H2,1-2H3;3,5,7-10H,4,6H2,1-2H3;1-2,5-8H,3-4H2;1,4H2,2-3H3;1H2,2H3,(H,5,6);2H2,1H3;1H2,(H,4,5);1H3;1H;;/q;;;;;;;;-1;;+2;+1/p-2. The van der Waals surface area contributed by atoms with Gasteiger partial charge in [0.1, 0.15) is 28.6 Å². The monoisotopic (exact) mass is 1300 g/mol. The van der Waals surface area contributed by atoms with Crippen molar-refractivity contribution in [2.45, 2.75) is 149 Å². The van der Waals surface area contributed by atoms with E-state index in [4.69, 9.17) is 42.5 Å². The van der Waals surface area contributed by atoms with Crippen LogP contribution in [0.1, 0.15) is 132 Å². The smallest absolute Gasteiger partial charge is 1.00 e. The molecule has 12 atom stereocenters. The van der Waals surface area contributed by atoms with Gasteiger partial charge in [-0.05, 0) is 185 Å². The first kappa shape index (κ1) is 81.5. The van der Waals surface area contributed by atoms with Gasteiger partial charge in [0.25, 0.3) is 0 Å². The van der Waals surface area contributed by atoms with Crippen LogP contribution in [-0.4, -0.2) is 137 Å². The molecule has 0 aromatic heterocycles. The Hall–Kier alpha value is -3.50. The van der Waals surface area contributed by atoms with E-state index >= 15 is 0 Å². The maximum atomic E-state index is 11.8. The summed E-state index contributed by atoms with van der Waals surface area (Å²) < 4.78 is 34.1. The Morgan fingerprint density at radius 1 is 0.540 bits per heavy atom. The molecular formula is C63H88Cl3MgNaO19. The fourth-order valence-electron chi connectivity index (χ4n) is 15.3. The number of aliphatic carboxylic acids is 2. The predicted octanol–water partition coefficient (Wildman–Crippen LogP) is 2.17. The molecule has 16 rings (SSSR count). The second-order valence-corrected chi connectivity index (χ2v) is 25.7. The third kappa shape index (κ3) is 20.2. The van der Waals surface area contributed by atoms with E-state index in [0.717, 1.165) is 24.7 Å². The number of carboxylic acid groups (broad SMARTS) is 2. The predicted molar refractivity (Wildman–Crippen MR) is 312 cm³/mol. The first-order valence-electron chi connectivity index (χ1n) is 28.8. The third-order valence-electron chi connectivity index (χ3n) is 18.7. The number of halogens is 3. The molecule has 4 aliphatic heterocycles. The molecule has 12 aliphatic carbocycles. The zero-order valence-electron chi connectivity index (χ0n) is 52.7. The number of carbonyl (C=O) groups is 10. The number of hydrogen-bond acceptors (Lipinski definition) is 18. The van der Waals surface area contributed by atoms with Gasteiger partial charge in [-0.15, -0.1) is 23.2 Å². The number of methoxy groups -OCH3 is 2. The van der Waals surface area contributed by atoms with Crippen LogP contribution < -0.4 is 47.1 Å². The zero-order chi connectivity index (χ0) is 62.1. The van der Waals surface area contributed by atoms with E-state index in [1.807, 2.05) is 0 Å². The molecule has 12 unspecified atom stereocenters. The van der Waals surface area contributed by atoms with E-state index in [9.17, 15) is 53.1 Å². The summed E-state index contributed by atoms with van der Waals surface area (Å²) in [6.07, 6.45) is 23.5. The van der Waals surface area contributed by atoms with Gasteiger partial charge in [-0.3, -0.25) is 33.6 Å². The number of allylic oxidation sites excluding steroid dienone is 4. The first-order valence-corrected chi connectivity index (χ1v) is 29.9. The molecule has 19 nitrogen and oxygen atoms in total. The van der Waals surface area contributed by atoms with Gasteiger partial charge in [-0.25, -0.2) is 9.59 Å². The third-order valence-corrected chi connectivity index (χ3v) is 19.1. The molecule has 1 N–H and O–H groups in total. The van der Waals surface area contributed by atoms with E-state index in [1.54, 1.807) is 0 Å². The van der Waals surface area contributed by atoms with Gasteiger partial charge in [0.15, 0.2) is 6.61 Å². The Morgan fingerprint density at radius 2 is 0.851 bits per heavy atom. The Labute approximate surface area is 567 Å². The molecule has 0 spiro atoms. The van der Waals surface area contributed by atoms with Gasteiger partial charge in [0, 0.05) is 23.3 Å². The Morgan fingerprint density at radius 3 is 1.11 bits per heavy atom. The number of cyclic esters (lactones) is 5. The maximum Gasteiger partial charge on any atom is 2.00 e. The zero-order valence-corrected chi connectivity index (χ0v) is 58.4. The average molecular weight is 1300 g/mol. The van der Waals surface area contributed by atoms with Crippen LogP contribution in [0.15, 0.2) is 48.6 Å². The maximum absolute atomic E-state index is 11.8.